The molecule has 0 aromatic heterocycles. The molecule has 2 atom stereocenters. The average molecular weight is 290 g/mol. The predicted octanol–water partition coefficient (Wildman–Crippen LogP) is 4.09. The molecule has 21 heavy (non-hydrogen) atoms. The maximum atomic E-state index is 11.2. The van der Waals surface area contributed by atoms with E-state index >= 15 is 0 Å². The van der Waals surface area contributed by atoms with Crippen LogP contribution in [0.15, 0.2) is 24.3 Å². The molecule has 0 aliphatic heterocycles. The molecule has 1 aromatic carbocycles. The van der Waals surface area contributed by atoms with Gasteiger partial charge in [0.15, 0.2) is 0 Å². The topological polar surface area (TPSA) is 55.2 Å². The number of benzene rings is 1. The fourth-order valence-corrected chi connectivity index (χ4v) is 3.37. The second-order valence-electron chi connectivity index (χ2n) is 6.05. The summed E-state index contributed by atoms with van der Waals surface area (Å²) in [5.74, 6) is 0.514. The van der Waals surface area contributed by atoms with Crippen molar-refractivity contribution in [3.05, 3.63) is 39.9 Å². The van der Waals surface area contributed by atoms with E-state index in [2.05, 4.69) is 12.2 Å². The fraction of sp³-hybridized carbons (Fsp3) is 0.647. The Kier molecular flexibility index (Phi) is 6.18. The lowest BCUT2D eigenvalue weighted by Crippen LogP contribution is -2.37. The third-order valence-electron chi connectivity index (χ3n) is 4.49. The van der Waals surface area contributed by atoms with Gasteiger partial charge in [-0.05, 0) is 38.1 Å². The van der Waals surface area contributed by atoms with Crippen LogP contribution in [0.4, 0.5) is 5.69 Å². The van der Waals surface area contributed by atoms with Crippen LogP contribution in [0.25, 0.3) is 0 Å². The Labute approximate surface area is 127 Å². The molecule has 1 saturated carbocycles. The number of rotatable bonds is 6. The summed E-state index contributed by atoms with van der Waals surface area (Å²) in [5, 5.41) is 14.8. The highest BCUT2D eigenvalue weighted by atomic mass is 16.6. The van der Waals surface area contributed by atoms with E-state index in [1.165, 1.54) is 32.1 Å². The van der Waals surface area contributed by atoms with E-state index in [-0.39, 0.29) is 10.6 Å². The summed E-state index contributed by atoms with van der Waals surface area (Å²) in [6, 6.07) is 7.71. The van der Waals surface area contributed by atoms with Gasteiger partial charge in [0, 0.05) is 17.7 Å². The van der Waals surface area contributed by atoms with Crippen molar-refractivity contribution in [3.8, 4) is 0 Å². The summed E-state index contributed by atoms with van der Waals surface area (Å²) >= 11 is 0. The number of nitrogens with zero attached hydrogens (tertiary/aromatic N) is 1. The van der Waals surface area contributed by atoms with Gasteiger partial charge in [0.1, 0.15) is 0 Å². The summed E-state index contributed by atoms with van der Waals surface area (Å²) in [7, 11) is 0. The lowest BCUT2D eigenvalue weighted by molar-refractivity contribution is -0.385. The molecule has 0 spiro atoms. The zero-order valence-corrected chi connectivity index (χ0v) is 12.9. The molecule has 4 heteroatoms. The van der Waals surface area contributed by atoms with Crippen molar-refractivity contribution < 1.29 is 4.92 Å². The second-order valence-corrected chi connectivity index (χ2v) is 6.05. The highest BCUT2D eigenvalue weighted by Gasteiger charge is 2.25. The third kappa shape index (κ3) is 4.53. The number of nitro groups is 1. The average Bonchev–Trinajstić information content (AvgIpc) is 2.71. The highest BCUT2D eigenvalue weighted by Crippen LogP contribution is 2.29. The van der Waals surface area contributed by atoms with Crippen molar-refractivity contribution in [2.24, 2.45) is 5.92 Å². The summed E-state index contributed by atoms with van der Waals surface area (Å²) in [4.78, 5) is 10.9. The van der Waals surface area contributed by atoms with Gasteiger partial charge in [0.25, 0.3) is 5.69 Å². The van der Waals surface area contributed by atoms with Crippen molar-refractivity contribution in [2.45, 2.75) is 57.9 Å². The Morgan fingerprint density at radius 3 is 2.76 bits per heavy atom. The van der Waals surface area contributed by atoms with Gasteiger partial charge >= 0.3 is 0 Å². The van der Waals surface area contributed by atoms with Crippen LogP contribution in [-0.4, -0.2) is 17.5 Å². The summed E-state index contributed by atoms with van der Waals surface area (Å²) in [5.41, 5.74) is 1.16. The van der Waals surface area contributed by atoms with Gasteiger partial charge in [-0.3, -0.25) is 10.1 Å². The van der Waals surface area contributed by atoms with Crippen molar-refractivity contribution in [1.29, 1.82) is 0 Å². The second kappa shape index (κ2) is 8.13. The smallest absolute Gasteiger partial charge is 0.272 e. The van der Waals surface area contributed by atoms with Crippen LogP contribution in [-0.2, 0) is 6.42 Å². The van der Waals surface area contributed by atoms with Gasteiger partial charge in [-0.2, -0.15) is 0 Å². The monoisotopic (exact) mass is 290 g/mol. The molecule has 0 heterocycles. The molecule has 2 rings (SSSR count). The molecule has 1 aromatic rings. The molecule has 1 fully saturated rings. The number of nitrogens with one attached hydrogen (secondary N) is 1. The predicted molar refractivity (Wildman–Crippen MR) is 85.5 cm³/mol. The SMILES string of the molecule is CCCNC1CCCCCC1Cc1ccccc1[N+](=O)[O-]. The first-order chi connectivity index (χ1) is 10.2. The van der Waals surface area contributed by atoms with Gasteiger partial charge in [0.05, 0.1) is 4.92 Å². The Morgan fingerprint density at radius 2 is 2.00 bits per heavy atom. The van der Waals surface area contributed by atoms with E-state index in [9.17, 15) is 10.1 Å². The molecule has 0 bridgehead atoms. The lowest BCUT2D eigenvalue weighted by Gasteiger charge is -2.26. The normalized spacial score (nSPS) is 22.7. The van der Waals surface area contributed by atoms with E-state index in [1.54, 1.807) is 12.1 Å². The van der Waals surface area contributed by atoms with Crippen LogP contribution in [0.1, 0.15) is 51.0 Å². The summed E-state index contributed by atoms with van der Waals surface area (Å²) < 4.78 is 0. The van der Waals surface area contributed by atoms with Crippen LogP contribution < -0.4 is 5.32 Å². The van der Waals surface area contributed by atoms with Gasteiger partial charge in [-0.15, -0.1) is 0 Å². The van der Waals surface area contributed by atoms with E-state index in [0.717, 1.165) is 24.9 Å². The van der Waals surface area contributed by atoms with Gasteiger partial charge in [0.2, 0.25) is 0 Å². The van der Waals surface area contributed by atoms with Crippen LogP contribution in [0.2, 0.25) is 0 Å². The minimum Gasteiger partial charge on any atom is -0.314 e. The molecular weight excluding hydrogens is 264 g/mol. The van der Waals surface area contributed by atoms with Gasteiger partial charge < -0.3 is 5.32 Å². The van der Waals surface area contributed by atoms with E-state index in [1.807, 2.05) is 12.1 Å². The van der Waals surface area contributed by atoms with Crippen molar-refractivity contribution in [1.82, 2.24) is 5.32 Å². The molecule has 1 N–H and O–H groups in total. The zero-order chi connectivity index (χ0) is 15.1. The van der Waals surface area contributed by atoms with Crippen molar-refractivity contribution >= 4 is 5.69 Å². The highest BCUT2D eigenvalue weighted by molar-refractivity contribution is 5.40. The minimum atomic E-state index is -0.249. The molecule has 1 aliphatic rings. The van der Waals surface area contributed by atoms with E-state index in [4.69, 9.17) is 0 Å². The molecule has 116 valence electrons. The molecule has 0 radical (unpaired) electrons. The Balaban J connectivity index is 2.12. The first-order valence-corrected chi connectivity index (χ1v) is 8.18. The standard InChI is InChI=1S/C17H26N2O2/c1-2-12-18-16-10-5-3-4-8-14(16)13-15-9-6-7-11-17(15)19(20)21/h6-7,9,11,14,16,18H,2-5,8,10,12-13H2,1H3. The van der Waals surface area contributed by atoms with Crippen LogP contribution in [0, 0.1) is 16.0 Å². The number of nitro benzene ring substituents is 1. The van der Waals surface area contributed by atoms with Crippen molar-refractivity contribution in [2.75, 3.05) is 6.54 Å². The first kappa shape index (κ1) is 16.0. The molecular formula is C17H26N2O2. The van der Waals surface area contributed by atoms with Crippen LogP contribution >= 0.6 is 0 Å². The fourth-order valence-electron chi connectivity index (χ4n) is 3.37. The minimum absolute atomic E-state index is 0.249. The van der Waals surface area contributed by atoms with Gasteiger partial charge in [-0.1, -0.05) is 44.4 Å². The third-order valence-corrected chi connectivity index (χ3v) is 4.49. The van der Waals surface area contributed by atoms with Crippen LogP contribution in [0.5, 0.6) is 0 Å². The number of hydrogen-bond acceptors (Lipinski definition) is 3. The molecule has 4 nitrogen and oxygen atoms in total. The molecule has 0 saturated heterocycles. The number of hydrogen-bond donors (Lipinski definition) is 1. The molecule has 2 unspecified atom stereocenters. The summed E-state index contributed by atoms with van der Waals surface area (Å²) in [6.07, 6.45) is 8.13. The largest absolute Gasteiger partial charge is 0.314 e. The van der Waals surface area contributed by atoms with Gasteiger partial charge in [-0.25, -0.2) is 0 Å². The Morgan fingerprint density at radius 1 is 1.24 bits per heavy atom. The quantitative estimate of drug-likeness (QED) is 0.488. The summed E-state index contributed by atoms with van der Waals surface area (Å²) in [6.45, 7) is 3.22. The zero-order valence-electron chi connectivity index (χ0n) is 12.9. The Bertz CT molecular complexity index is 462. The van der Waals surface area contributed by atoms with Crippen molar-refractivity contribution in [3.63, 3.8) is 0 Å². The van der Waals surface area contributed by atoms with Crippen LogP contribution in [0.3, 0.4) is 0 Å². The molecule has 1 aliphatic carbocycles. The maximum absolute atomic E-state index is 11.2. The van der Waals surface area contributed by atoms with E-state index < -0.39 is 0 Å². The number of para-hydroxylation sites is 1. The van der Waals surface area contributed by atoms with E-state index in [0.29, 0.717) is 12.0 Å². The Hall–Kier alpha value is -1.42. The molecule has 0 amide bonds. The first-order valence-electron chi connectivity index (χ1n) is 8.18. The maximum Gasteiger partial charge on any atom is 0.272 e. The lowest BCUT2D eigenvalue weighted by atomic mass is 9.87.